The first-order valence-electron chi connectivity index (χ1n) is 4.62. The minimum atomic E-state index is 0.885. The van der Waals surface area contributed by atoms with Gasteiger partial charge in [-0.15, -0.1) is 11.3 Å². The Morgan fingerprint density at radius 3 is 2.81 bits per heavy atom. The second kappa shape index (κ2) is 5.50. The van der Waals surface area contributed by atoms with Crippen molar-refractivity contribution in [3.63, 3.8) is 0 Å². The molecular weight excluding hydrogens is 236 g/mol. The SMILES string of the molecule is N#CSC(=Cc1ccccc1)c1nccs1. The summed E-state index contributed by atoms with van der Waals surface area (Å²) in [5.74, 6) is 0. The molecule has 4 heteroatoms. The Labute approximate surface area is 102 Å². The molecule has 16 heavy (non-hydrogen) atoms. The second-order valence-corrected chi connectivity index (χ2v) is 4.67. The van der Waals surface area contributed by atoms with Gasteiger partial charge < -0.3 is 0 Å². The van der Waals surface area contributed by atoms with Crippen molar-refractivity contribution in [3.8, 4) is 5.40 Å². The number of benzene rings is 1. The van der Waals surface area contributed by atoms with Crippen LogP contribution in [0.3, 0.4) is 0 Å². The molecule has 1 heterocycles. The summed E-state index contributed by atoms with van der Waals surface area (Å²) in [4.78, 5) is 5.10. The molecule has 1 aromatic heterocycles. The molecule has 0 spiro atoms. The first kappa shape index (κ1) is 10.9. The van der Waals surface area contributed by atoms with Gasteiger partial charge >= 0.3 is 0 Å². The van der Waals surface area contributed by atoms with Crippen LogP contribution < -0.4 is 0 Å². The predicted molar refractivity (Wildman–Crippen MR) is 69.6 cm³/mol. The molecule has 0 saturated heterocycles. The van der Waals surface area contributed by atoms with Gasteiger partial charge in [0.2, 0.25) is 0 Å². The van der Waals surface area contributed by atoms with Crippen LogP contribution in [-0.2, 0) is 0 Å². The highest BCUT2D eigenvalue weighted by atomic mass is 32.2. The third-order valence-electron chi connectivity index (χ3n) is 1.90. The fourth-order valence-electron chi connectivity index (χ4n) is 1.23. The fraction of sp³-hybridized carbons (Fsp3) is 0. The largest absolute Gasteiger partial charge is 0.244 e. The van der Waals surface area contributed by atoms with Crippen LogP contribution >= 0.6 is 23.1 Å². The van der Waals surface area contributed by atoms with Crippen molar-refractivity contribution >= 4 is 34.1 Å². The minimum Gasteiger partial charge on any atom is -0.244 e. The van der Waals surface area contributed by atoms with E-state index in [1.54, 1.807) is 6.20 Å². The number of rotatable bonds is 3. The molecule has 0 fully saturated rings. The quantitative estimate of drug-likeness (QED) is 0.769. The molecule has 0 radical (unpaired) electrons. The van der Waals surface area contributed by atoms with Gasteiger partial charge in [0.1, 0.15) is 10.4 Å². The Kier molecular flexibility index (Phi) is 3.76. The summed E-state index contributed by atoms with van der Waals surface area (Å²) in [6, 6.07) is 9.93. The maximum absolute atomic E-state index is 8.76. The number of nitriles is 1. The third kappa shape index (κ3) is 2.72. The van der Waals surface area contributed by atoms with Crippen molar-refractivity contribution in [2.24, 2.45) is 0 Å². The summed E-state index contributed by atoms with van der Waals surface area (Å²) in [7, 11) is 0. The van der Waals surface area contributed by atoms with E-state index in [2.05, 4.69) is 10.4 Å². The van der Waals surface area contributed by atoms with Gasteiger partial charge in [-0.25, -0.2) is 4.98 Å². The van der Waals surface area contributed by atoms with Crippen molar-refractivity contribution in [1.82, 2.24) is 4.98 Å². The van der Waals surface area contributed by atoms with Gasteiger partial charge in [0.25, 0.3) is 0 Å². The Balaban J connectivity index is 2.34. The van der Waals surface area contributed by atoms with Crippen LogP contribution in [0.5, 0.6) is 0 Å². The number of nitrogens with zero attached hydrogens (tertiary/aromatic N) is 2. The average molecular weight is 244 g/mol. The second-order valence-electron chi connectivity index (χ2n) is 2.95. The Bertz CT molecular complexity index is 510. The van der Waals surface area contributed by atoms with E-state index in [0.29, 0.717) is 0 Å². The van der Waals surface area contributed by atoms with E-state index in [0.717, 1.165) is 27.2 Å². The molecular formula is C12H8N2S2. The van der Waals surface area contributed by atoms with Crippen molar-refractivity contribution < 1.29 is 0 Å². The van der Waals surface area contributed by atoms with Gasteiger partial charge in [-0.1, -0.05) is 30.3 Å². The maximum Gasteiger partial charge on any atom is 0.138 e. The summed E-state index contributed by atoms with van der Waals surface area (Å²) in [6.45, 7) is 0. The van der Waals surface area contributed by atoms with E-state index < -0.39 is 0 Å². The lowest BCUT2D eigenvalue weighted by atomic mass is 10.2. The van der Waals surface area contributed by atoms with Crippen LogP contribution in [0.4, 0.5) is 0 Å². The first-order chi connectivity index (χ1) is 7.90. The molecule has 0 N–H and O–H groups in total. The number of thioether (sulfide) groups is 1. The van der Waals surface area contributed by atoms with Crippen molar-refractivity contribution in [2.75, 3.05) is 0 Å². The molecule has 0 atom stereocenters. The van der Waals surface area contributed by atoms with Crippen LogP contribution in [0.2, 0.25) is 0 Å². The zero-order valence-corrected chi connectivity index (χ0v) is 9.96. The smallest absolute Gasteiger partial charge is 0.138 e. The summed E-state index contributed by atoms with van der Waals surface area (Å²) >= 11 is 2.68. The lowest BCUT2D eigenvalue weighted by molar-refractivity contribution is 1.39. The minimum absolute atomic E-state index is 0.885. The standard InChI is InChI=1S/C12H8N2S2/c13-9-16-11(12-14-6-7-15-12)8-10-4-2-1-3-5-10/h1-8H. The predicted octanol–water partition coefficient (Wildman–Crippen LogP) is 3.86. The normalized spacial score (nSPS) is 11.1. The van der Waals surface area contributed by atoms with Crippen LogP contribution in [0, 0.1) is 10.7 Å². The lowest BCUT2D eigenvalue weighted by Crippen LogP contribution is -1.77. The molecule has 2 aromatic rings. The molecule has 0 aliphatic rings. The van der Waals surface area contributed by atoms with Gasteiger partial charge in [-0.3, -0.25) is 0 Å². The van der Waals surface area contributed by atoms with E-state index in [1.807, 2.05) is 41.8 Å². The van der Waals surface area contributed by atoms with Gasteiger partial charge in [-0.2, -0.15) is 5.26 Å². The monoisotopic (exact) mass is 244 g/mol. The number of aromatic nitrogens is 1. The van der Waals surface area contributed by atoms with Gasteiger partial charge in [0, 0.05) is 11.6 Å². The molecule has 0 aliphatic carbocycles. The zero-order chi connectivity index (χ0) is 11.2. The molecule has 78 valence electrons. The van der Waals surface area contributed by atoms with E-state index in [-0.39, 0.29) is 0 Å². The van der Waals surface area contributed by atoms with E-state index in [4.69, 9.17) is 5.26 Å². The zero-order valence-electron chi connectivity index (χ0n) is 8.33. The Morgan fingerprint density at radius 1 is 1.38 bits per heavy atom. The van der Waals surface area contributed by atoms with Gasteiger partial charge in [-0.05, 0) is 23.4 Å². The number of hydrogen-bond acceptors (Lipinski definition) is 4. The molecule has 0 unspecified atom stereocenters. The average Bonchev–Trinajstić information content (AvgIpc) is 2.83. The van der Waals surface area contributed by atoms with Crippen LogP contribution in [0.25, 0.3) is 11.0 Å². The first-order valence-corrected chi connectivity index (χ1v) is 6.32. The summed E-state index contributed by atoms with van der Waals surface area (Å²) in [5.41, 5.74) is 1.08. The Hall–Kier alpha value is -1.57. The number of thiocyanates is 1. The van der Waals surface area contributed by atoms with Crippen LogP contribution in [-0.4, -0.2) is 4.98 Å². The molecule has 2 rings (SSSR count). The highest BCUT2D eigenvalue weighted by Gasteiger charge is 2.04. The molecule has 1 aromatic carbocycles. The van der Waals surface area contributed by atoms with Gasteiger partial charge in [0.15, 0.2) is 0 Å². The maximum atomic E-state index is 8.76. The highest BCUT2D eigenvalue weighted by Crippen LogP contribution is 2.30. The van der Waals surface area contributed by atoms with E-state index >= 15 is 0 Å². The summed E-state index contributed by atoms with van der Waals surface area (Å²) < 4.78 is 0. The highest BCUT2D eigenvalue weighted by molar-refractivity contribution is 8.12. The molecule has 0 amide bonds. The lowest BCUT2D eigenvalue weighted by Gasteiger charge is -1.97. The molecule has 0 bridgehead atoms. The Morgan fingerprint density at radius 2 is 2.19 bits per heavy atom. The number of hydrogen-bond donors (Lipinski definition) is 0. The van der Waals surface area contributed by atoms with E-state index in [1.165, 1.54) is 11.3 Å². The van der Waals surface area contributed by atoms with Crippen molar-refractivity contribution in [1.29, 1.82) is 5.26 Å². The van der Waals surface area contributed by atoms with Gasteiger partial charge in [0.05, 0.1) is 4.91 Å². The topological polar surface area (TPSA) is 36.7 Å². The van der Waals surface area contributed by atoms with E-state index in [9.17, 15) is 0 Å². The van der Waals surface area contributed by atoms with Crippen LogP contribution in [0.15, 0.2) is 41.9 Å². The summed E-state index contributed by atoms with van der Waals surface area (Å²) in [5, 5.41) is 13.6. The molecule has 0 saturated carbocycles. The number of thiazole rings is 1. The fourth-order valence-corrected chi connectivity index (χ4v) is 2.48. The molecule has 2 nitrogen and oxygen atoms in total. The van der Waals surface area contributed by atoms with Crippen molar-refractivity contribution in [2.45, 2.75) is 0 Å². The van der Waals surface area contributed by atoms with Crippen molar-refractivity contribution in [3.05, 3.63) is 52.5 Å². The van der Waals surface area contributed by atoms with Crippen LogP contribution in [0.1, 0.15) is 10.6 Å². The summed E-state index contributed by atoms with van der Waals surface area (Å²) in [6.07, 6.45) is 3.73. The third-order valence-corrected chi connectivity index (χ3v) is 3.45. The molecule has 0 aliphatic heterocycles.